The Morgan fingerprint density at radius 3 is 2.35 bits per heavy atom. The first-order chi connectivity index (χ1) is 10.9. The van der Waals surface area contributed by atoms with Crippen molar-refractivity contribution in [1.29, 1.82) is 0 Å². The second-order valence-corrected chi connectivity index (χ2v) is 6.48. The van der Waals surface area contributed by atoms with Crippen LogP contribution in [0.2, 0.25) is 0 Å². The number of halogens is 1. The zero-order valence-corrected chi connectivity index (χ0v) is 14.6. The van der Waals surface area contributed by atoms with E-state index in [2.05, 4.69) is 21.2 Å². The molecular formula is C18H18BrNO3. The van der Waals surface area contributed by atoms with Crippen molar-refractivity contribution in [2.45, 2.75) is 26.2 Å². The summed E-state index contributed by atoms with van der Waals surface area (Å²) >= 11 is 3.33. The first-order valence-electron chi connectivity index (χ1n) is 7.29. The lowest BCUT2D eigenvalue weighted by Gasteiger charge is -2.17. The van der Waals surface area contributed by atoms with E-state index in [0.717, 1.165) is 10.0 Å². The van der Waals surface area contributed by atoms with Gasteiger partial charge in [0.2, 0.25) is 0 Å². The number of carboxylic acid groups (broad SMARTS) is 1. The zero-order chi connectivity index (χ0) is 17.0. The average Bonchev–Trinajstić information content (AvgIpc) is 2.48. The standard InChI is InChI=1S/C18H18BrNO3/c1-11(2)14-4-3-5-16(15(14)10-17(21)22)20-18(23)12-6-8-13(19)9-7-12/h3-9,11H,10H2,1-2H3,(H,20,23)(H,21,22). The number of nitrogens with one attached hydrogen (secondary N) is 1. The van der Waals surface area contributed by atoms with Crippen LogP contribution in [0.25, 0.3) is 0 Å². The molecule has 0 bridgehead atoms. The van der Waals surface area contributed by atoms with Crippen molar-refractivity contribution in [3.05, 3.63) is 63.6 Å². The second-order valence-electron chi connectivity index (χ2n) is 5.56. The summed E-state index contributed by atoms with van der Waals surface area (Å²) in [7, 11) is 0. The Morgan fingerprint density at radius 1 is 1.13 bits per heavy atom. The van der Waals surface area contributed by atoms with Crippen molar-refractivity contribution in [2.24, 2.45) is 0 Å². The van der Waals surface area contributed by atoms with Crippen LogP contribution < -0.4 is 5.32 Å². The number of carbonyl (C=O) groups is 2. The maximum Gasteiger partial charge on any atom is 0.307 e. The molecule has 0 heterocycles. The average molecular weight is 376 g/mol. The Kier molecular flexibility index (Phi) is 5.55. The number of rotatable bonds is 5. The van der Waals surface area contributed by atoms with E-state index < -0.39 is 5.97 Å². The Balaban J connectivity index is 2.34. The Bertz CT molecular complexity index is 724. The van der Waals surface area contributed by atoms with Gasteiger partial charge in [-0.25, -0.2) is 0 Å². The second kappa shape index (κ2) is 7.42. The first kappa shape index (κ1) is 17.2. The van der Waals surface area contributed by atoms with Gasteiger partial charge in [-0.1, -0.05) is 41.9 Å². The van der Waals surface area contributed by atoms with Gasteiger partial charge in [0.15, 0.2) is 0 Å². The molecule has 0 aliphatic heterocycles. The van der Waals surface area contributed by atoms with Crippen LogP contribution in [0.5, 0.6) is 0 Å². The van der Waals surface area contributed by atoms with Crippen molar-refractivity contribution in [3.8, 4) is 0 Å². The molecule has 0 saturated carbocycles. The molecule has 0 aliphatic carbocycles. The van der Waals surface area contributed by atoms with Gasteiger partial charge in [0.1, 0.15) is 0 Å². The van der Waals surface area contributed by atoms with Crippen LogP contribution >= 0.6 is 15.9 Å². The van der Waals surface area contributed by atoms with Crippen LogP contribution in [0.4, 0.5) is 5.69 Å². The molecule has 0 radical (unpaired) electrons. The van der Waals surface area contributed by atoms with Crippen LogP contribution in [-0.2, 0) is 11.2 Å². The number of aliphatic carboxylic acids is 1. The number of hydrogen-bond acceptors (Lipinski definition) is 2. The third-order valence-electron chi connectivity index (χ3n) is 3.52. The van der Waals surface area contributed by atoms with E-state index in [9.17, 15) is 9.59 Å². The fourth-order valence-corrected chi connectivity index (χ4v) is 2.67. The number of anilines is 1. The summed E-state index contributed by atoms with van der Waals surface area (Å²) in [6.45, 7) is 4.00. The molecule has 0 aromatic heterocycles. The molecule has 23 heavy (non-hydrogen) atoms. The van der Waals surface area contributed by atoms with E-state index in [1.807, 2.05) is 26.0 Å². The van der Waals surface area contributed by atoms with Gasteiger partial charge < -0.3 is 10.4 Å². The molecule has 5 heteroatoms. The zero-order valence-electron chi connectivity index (χ0n) is 13.0. The van der Waals surface area contributed by atoms with E-state index in [-0.39, 0.29) is 18.2 Å². The van der Waals surface area contributed by atoms with Gasteiger partial charge in [-0.2, -0.15) is 0 Å². The molecular weight excluding hydrogens is 358 g/mol. The molecule has 0 aliphatic rings. The monoisotopic (exact) mass is 375 g/mol. The first-order valence-corrected chi connectivity index (χ1v) is 8.08. The summed E-state index contributed by atoms with van der Waals surface area (Å²) in [5, 5.41) is 12.0. The van der Waals surface area contributed by atoms with Crippen molar-refractivity contribution in [1.82, 2.24) is 0 Å². The van der Waals surface area contributed by atoms with Gasteiger partial charge in [-0.05, 0) is 47.4 Å². The highest BCUT2D eigenvalue weighted by atomic mass is 79.9. The van der Waals surface area contributed by atoms with Crippen LogP contribution in [0.1, 0.15) is 41.3 Å². The smallest absolute Gasteiger partial charge is 0.307 e. The molecule has 2 rings (SSSR count). The van der Waals surface area contributed by atoms with Crippen LogP contribution in [-0.4, -0.2) is 17.0 Å². The van der Waals surface area contributed by atoms with Crippen molar-refractivity contribution >= 4 is 33.5 Å². The minimum absolute atomic E-state index is 0.121. The number of amides is 1. The van der Waals surface area contributed by atoms with Gasteiger partial charge in [0.05, 0.1) is 6.42 Å². The lowest BCUT2D eigenvalue weighted by molar-refractivity contribution is -0.136. The minimum Gasteiger partial charge on any atom is -0.481 e. The molecule has 0 atom stereocenters. The highest BCUT2D eigenvalue weighted by Crippen LogP contribution is 2.27. The minimum atomic E-state index is -0.919. The summed E-state index contributed by atoms with van der Waals surface area (Å²) in [6.07, 6.45) is -0.121. The third-order valence-corrected chi connectivity index (χ3v) is 4.05. The van der Waals surface area contributed by atoms with Crippen LogP contribution in [0.15, 0.2) is 46.9 Å². The molecule has 1 amide bonds. The maximum absolute atomic E-state index is 12.4. The lowest BCUT2D eigenvalue weighted by atomic mass is 9.93. The van der Waals surface area contributed by atoms with E-state index >= 15 is 0 Å². The predicted molar refractivity (Wildman–Crippen MR) is 94.0 cm³/mol. The molecule has 0 spiro atoms. The van der Waals surface area contributed by atoms with E-state index in [1.54, 1.807) is 30.3 Å². The summed E-state index contributed by atoms with van der Waals surface area (Å²) in [5.41, 5.74) is 2.65. The number of carbonyl (C=O) groups excluding carboxylic acids is 1. The van der Waals surface area contributed by atoms with E-state index in [4.69, 9.17) is 5.11 Å². The molecule has 0 unspecified atom stereocenters. The Morgan fingerprint density at radius 2 is 1.78 bits per heavy atom. The lowest BCUT2D eigenvalue weighted by Crippen LogP contribution is -2.16. The number of benzene rings is 2. The highest BCUT2D eigenvalue weighted by Gasteiger charge is 2.16. The SMILES string of the molecule is CC(C)c1cccc(NC(=O)c2ccc(Br)cc2)c1CC(=O)O. The van der Waals surface area contributed by atoms with Gasteiger partial charge in [0, 0.05) is 15.7 Å². The molecule has 120 valence electrons. The molecule has 2 aromatic carbocycles. The summed E-state index contributed by atoms with van der Waals surface area (Å²) < 4.78 is 0.891. The van der Waals surface area contributed by atoms with Gasteiger partial charge in [-0.3, -0.25) is 9.59 Å². The third kappa shape index (κ3) is 4.42. The molecule has 0 saturated heterocycles. The fourth-order valence-electron chi connectivity index (χ4n) is 2.41. The topological polar surface area (TPSA) is 66.4 Å². The van der Waals surface area contributed by atoms with Gasteiger partial charge >= 0.3 is 5.97 Å². The van der Waals surface area contributed by atoms with Gasteiger partial charge in [-0.15, -0.1) is 0 Å². The quantitative estimate of drug-likeness (QED) is 0.810. The molecule has 4 nitrogen and oxygen atoms in total. The van der Waals surface area contributed by atoms with Crippen LogP contribution in [0, 0.1) is 0 Å². The van der Waals surface area contributed by atoms with E-state index in [1.165, 1.54) is 0 Å². The summed E-state index contributed by atoms with van der Waals surface area (Å²) in [6, 6.07) is 12.5. The highest BCUT2D eigenvalue weighted by molar-refractivity contribution is 9.10. The summed E-state index contributed by atoms with van der Waals surface area (Å²) in [5.74, 6) is -1.00. The van der Waals surface area contributed by atoms with Gasteiger partial charge in [0.25, 0.3) is 5.91 Å². The Labute approximate surface area is 143 Å². The largest absolute Gasteiger partial charge is 0.481 e. The van der Waals surface area contributed by atoms with E-state index in [0.29, 0.717) is 16.8 Å². The van der Waals surface area contributed by atoms with Crippen LogP contribution in [0.3, 0.4) is 0 Å². The molecule has 0 fully saturated rings. The molecule has 2 N–H and O–H groups in total. The number of carboxylic acids is 1. The normalized spacial score (nSPS) is 10.6. The molecule has 2 aromatic rings. The predicted octanol–water partition coefficient (Wildman–Crippen LogP) is 4.45. The van der Waals surface area contributed by atoms with Crippen molar-refractivity contribution in [2.75, 3.05) is 5.32 Å². The van der Waals surface area contributed by atoms with Crippen molar-refractivity contribution < 1.29 is 14.7 Å². The van der Waals surface area contributed by atoms with Crippen molar-refractivity contribution in [3.63, 3.8) is 0 Å². The summed E-state index contributed by atoms with van der Waals surface area (Å²) in [4.78, 5) is 23.5. The Hall–Kier alpha value is -2.14. The maximum atomic E-state index is 12.4. The fraction of sp³-hybridized carbons (Fsp3) is 0.222. The number of hydrogen-bond donors (Lipinski definition) is 2.